The van der Waals surface area contributed by atoms with Gasteiger partial charge in [-0.1, -0.05) is 17.7 Å². The zero-order valence-corrected chi connectivity index (χ0v) is 9.28. The number of methoxy groups -OCH3 is 1. The van der Waals surface area contributed by atoms with Crippen molar-refractivity contribution in [1.29, 1.82) is 0 Å². The highest BCUT2D eigenvalue weighted by atomic mass is 35.5. The monoisotopic (exact) mass is 230 g/mol. The van der Waals surface area contributed by atoms with Gasteiger partial charge in [0, 0.05) is 7.11 Å². The highest BCUT2D eigenvalue weighted by Crippen LogP contribution is 2.27. The first-order valence-corrected chi connectivity index (χ1v) is 4.72. The van der Waals surface area contributed by atoms with E-state index in [1.807, 2.05) is 0 Å². The van der Waals surface area contributed by atoms with Crippen LogP contribution in [0.25, 0.3) is 0 Å². The van der Waals surface area contributed by atoms with Crippen LogP contribution in [0.15, 0.2) is 12.1 Å². The summed E-state index contributed by atoms with van der Waals surface area (Å²) in [5, 5.41) is 18.3. The second kappa shape index (κ2) is 5.37. The third-order valence-corrected chi connectivity index (χ3v) is 2.15. The summed E-state index contributed by atoms with van der Waals surface area (Å²) in [5.74, 6) is 0.489. The van der Waals surface area contributed by atoms with E-state index >= 15 is 0 Å². The minimum Gasteiger partial charge on any atom is -0.466 e. The lowest BCUT2D eigenvalue weighted by atomic mass is 9.79. The van der Waals surface area contributed by atoms with E-state index in [0.717, 1.165) is 5.56 Å². The van der Waals surface area contributed by atoms with E-state index in [9.17, 15) is 0 Å². The molecule has 0 fully saturated rings. The maximum atomic E-state index is 8.97. The van der Waals surface area contributed by atoms with Crippen molar-refractivity contribution in [2.45, 2.75) is 6.92 Å². The van der Waals surface area contributed by atoms with Crippen LogP contribution in [0.4, 0.5) is 0 Å². The van der Waals surface area contributed by atoms with Crippen molar-refractivity contribution < 1.29 is 19.5 Å². The smallest absolute Gasteiger partial charge is 0.466 e. The van der Waals surface area contributed by atoms with E-state index in [4.69, 9.17) is 31.1 Å². The van der Waals surface area contributed by atoms with Gasteiger partial charge in [-0.05, 0) is 24.0 Å². The van der Waals surface area contributed by atoms with Gasteiger partial charge >= 0.3 is 7.12 Å². The first-order chi connectivity index (χ1) is 7.06. The van der Waals surface area contributed by atoms with Gasteiger partial charge < -0.3 is 19.5 Å². The SMILES string of the molecule is COCOc1c(C)cc(B(O)O)cc1Cl. The molecule has 2 N–H and O–H groups in total. The lowest BCUT2D eigenvalue weighted by Crippen LogP contribution is -2.30. The van der Waals surface area contributed by atoms with Crippen molar-refractivity contribution in [2.75, 3.05) is 13.9 Å². The minimum absolute atomic E-state index is 0.0988. The fraction of sp³-hybridized carbons (Fsp3) is 0.333. The Hall–Kier alpha value is -0.745. The van der Waals surface area contributed by atoms with E-state index in [-0.39, 0.29) is 6.79 Å². The van der Waals surface area contributed by atoms with Crippen LogP contribution in [0.5, 0.6) is 5.75 Å². The van der Waals surface area contributed by atoms with E-state index in [1.54, 1.807) is 13.0 Å². The molecule has 0 radical (unpaired) electrons. The Morgan fingerprint density at radius 3 is 2.53 bits per heavy atom. The van der Waals surface area contributed by atoms with Gasteiger partial charge in [0.05, 0.1) is 5.02 Å². The molecule has 1 aromatic carbocycles. The number of aryl methyl sites for hydroxylation is 1. The summed E-state index contributed by atoms with van der Waals surface area (Å²) < 4.78 is 9.99. The molecule has 6 heteroatoms. The van der Waals surface area contributed by atoms with Crippen molar-refractivity contribution in [3.8, 4) is 5.75 Å². The Labute approximate surface area is 93.5 Å². The van der Waals surface area contributed by atoms with Crippen molar-refractivity contribution in [3.05, 3.63) is 22.7 Å². The summed E-state index contributed by atoms with van der Waals surface area (Å²) in [7, 11) is -0.0209. The molecule has 0 unspecified atom stereocenters. The number of ether oxygens (including phenoxy) is 2. The topological polar surface area (TPSA) is 58.9 Å². The Kier molecular flexibility index (Phi) is 4.41. The highest BCUT2D eigenvalue weighted by molar-refractivity contribution is 6.59. The molecule has 0 saturated carbocycles. The zero-order chi connectivity index (χ0) is 11.4. The van der Waals surface area contributed by atoms with Gasteiger partial charge in [-0.3, -0.25) is 0 Å². The molecule has 0 amide bonds. The van der Waals surface area contributed by atoms with E-state index in [0.29, 0.717) is 16.2 Å². The lowest BCUT2D eigenvalue weighted by Gasteiger charge is -2.11. The van der Waals surface area contributed by atoms with Crippen LogP contribution in [-0.2, 0) is 4.74 Å². The predicted octanol–water partition coefficient (Wildman–Crippen LogP) is 0.311. The maximum absolute atomic E-state index is 8.97. The molecule has 0 bridgehead atoms. The number of rotatable bonds is 4. The summed E-state index contributed by atoms with van der Waals surface area (Å²) in [6.07, 6.45) is 0. The summed E-state index contributed by atoms with van der Waals surface area (Å²) in [4.78, 5) is 0. The Morgan fingerprint density at radius 2 is 2.07 bits per heavy atom. The molecule has 0 aliphatic rings. The second-order valence-corrected chi connectivity index (χ2v) is 3.48. The number of halogens is 1. The van der Waals surface area contributed by atoms with Gasteiger partial charge in [0.1, 0.15) is 5.75 Å². The van der Waals surface area contributed by atoms with E-state index in [1.165, 1.54) is 13.2 Å². The molecule has 4 nitrogen and oxygen atoms in total. The third-order valence-electron chi connectivity index (χ3n) is 1.87. The van der Waals surface area contributed by atoms with Crippen LogP contribution >= 0.6 is 11.6 Å². The van der Waals surface area contributed by atoms with Crippen LogP contribution in [0.1, 0.15) is 5.56 Å². The number of benzene rings is 1. The standard InChI is InChI=1S/C9H12BClO4/c1-6-3-7(10(12)13)4-8(11)9(6)15-5-14-2/h3-4,12-13H,5H2,1-2H3. The molecular formula is C9H12BClO4. The predicted molar refractivity (Wildman–Crippen MR) is 58.5 cm³/mol. The molecule has 15 heavy (non-hydrogen) atoms. The molecule has 0 aromatic heterocycles. The van der Waals surface area contributed by atoms with Gasteiger partial charge in [-0.2, -0.15) is 0 Å². The van der Waals surface area contributed by atoms with Crippen LogP contribution in [-0.4, -0.2) is 31.1 Å². The summed E-state index contributed by atoms with van der Waals surface area (Å²) >= 11 is 5.91. The maximum Gasteiger partial charge on any atom is 0.488 e. The Bertz CT molecular complexity index is 320. The van der Waals surface area contributed by atoms with E-state index < -0.39 is 7.12 Å². The minimum atomic E-state index is -1.53. The van der Waals surface area contributed by atoms with Gasteiger partial charge in [-0.25, -0.2) is 0 Å². The molecule has 0 spiro atoms. The van der Waals surface area contributed by atoms with Crippen LogP contribution in [0.2, 0.25) is 5.02 Å². The highest BCUT2D eigenvalue weighted by Gasteiger charge is 2.15. The van der Waals surface area contributed by atoms with Crippen molar-refractivity contribution in [2.24, 2.45) is 0 Å². The molecule has 0 heterocycles. The van der Waals surface area contributed by atoms with Gasteiger partial charge in [0.2, 0.25) is 0 Å². The van der Waals surface area contributed by atoms with Gasteiger partial charge in [-0.15, -0.1) is 0 Å². The van der Waals surface area contributed by atoms with Crippen LogP contribution in [0, 0.1) is 6.92 Å². The fourth-order valence-corrected chi connectivity index (χ4v) is 1.54. The number of hydrogen-bond donors (Lipinski definition) is 2. The molecule has 0 saturated heterocycles. The van der Waals surface area contributed by atoms with Crippen molar-refractivity contribution in [1.82, 2.24) is 0 Å². The fourth-order valence-electron chi connectivity index (χ4n) is 1.21. The van der Waals surface area contributed by atoms with Gasteiger partial charge in [0.15, 0.2) is 6.79 Å². The first-order valence-electron chi connectivity index (χ1n) is 4.34. The normalized spacial score (nSPS) is 10.2. The zero-order valence-electron chi connectivity index (χ0n) is 8.53. The summed E-state index contributed by atoms with van der Waals surface area (Å²) in [6, 6.07) is 3.05. The molecule has 0 aliphatic carbocycles. The Balaban J connectivity index is 2.99. The number of hydrogen-bond acceptors (Lipinski definition) is 4. The van der Waals surface area contributed by atoms with E-state index in [2.05, 4.69) is 0 Å². The van der Waals surface area contributed by atoms with Crippen molar-refractivity contribution in [3.63, 3.8) is 0 Å². The molecule has 82 valence electrons. The lowest BCUT2D eigenvalue weighted by molar-refractivity contribution is 0.0507. The first kappa shape index (κ1) is 12.3. The van der Waals surface area contributed by atoms with Crippen LogP contribution < -0.4 is 10.2 Å². The van der Waals surface area contributed by atoms with Gasteiger partial charge in [0.25, 0.3) is 0 Å². The average molecular weight is 230 g/mol. The average Bonchev–Trinajstić information content (AvgIpc) is 2.16. The molecule has 1 rings (SSSR count). The largest absolute Gasteiger partial charge is 0.488 e. The second-order valence-electron chi connectivity index (χ2n) is 3.07. The summed E-state index contributed by atoms with van der Waals surface area (Å²) in [5.41, 5.74) is 1.06. The van der Waals surface area contributed by atoms with Crippen molar-refractivity contribution >= 4 is 24.2 Å². The summed E-state index contributed by atoms with van der Waals surface area (Å²) in [6.45, 7) is 1.87. The van der Waals surface area contributed by atoms with Crippen LogP contribution in [0.3, 0.4) is 0 Å². The molecular weight excluding hydrogens is 218 g/mol. The quantitative estimate of drug-likeness (QED) is 0.577. The molecule has 0 aliphatic heterocycles. The third kappa shape index (κ3) is 3.10. The molecule has 0 atom stereocenters. The molecule has 1 aromatic rings. The Morgan fingerprint density at radius 1 is 1.40 bits per heavy atom.